The molecule has 0 spiro atoms. The van der Waals surface area contributed by atoms with Crippen molar-refractivity contribution in [3.8, 4) is 11.4 Å². The number of carbonyl (C=O) groups is 1. The van der Waals surface area contributed by atoms with Crippen molar-refractivity contribution in [2.75, 3.05) is 7.11 Å². The lowest BCUT2D eigenvalue weighted by Gasteiger charge is -2.15. The normalized spacial score (nSPS) is 14.4. The van der Waals surface area contributed by atoms with Gasteiger partial charge in [0.25, 0.3) is 0 Å². The number of benzene rings is 1. The Kier molecular flexibility index (Phi) is 2.63. The van der Waals surface area contributed by atoms with Crippen molar-refractivity contribution in [2.24, 2.45) is 0 Å². The van der Waals surface area contributed by atoms with E-state index in [1.807, 2.05) is 28.9 Å². The number of nitrogens with zero attached hydrogens (tertiary/aromatic N) is 2. The van der Waals surface area contributed by atoms with E-state index in [2.05, 4.69) is 5.10 Å². The van der Waals surface area contributed by atoms with Crippen molar-refractivity contribution in [1.82, 2.24) is 9.78 Å². The monoisotopic (exact) mass is 242 g/mol. The second kappa shape index (κ2) is 4.29. The average molecular weight is 242 g/mol. The van der Waals surface area contributed by atoms with Gasteiger partial charge in [-0.05, 0) is 25.0 Å². The van der Waals surface area contributed by atoms with Crippen LogP contribution in [0.15, 0.2) is 30.5 Å². The smallest absolute Gasteiger partial charge is 0.166 e. The molecule has 0 fully saturated rings. The number of hydrogen-bond acceptors (Lipinski definition) is 3. The van der Waals surface area contributed by atoms with Crippen LogP contribution in [0.3, 0.4) is 0 Å². The molecule has 4 heteroatoms. The summed E-state index contributed by atoms with van der Waals surface area (Å²) >= 11 is 0. The summed E-state index contributed by atoms with van der Waals surface area (Å²) < 4.78 is 7.17. The van der Waals surface area contributed by atoms with Crippen molar-refractivity contribution in [3.05, 3.63) is 41.7 Å². The van der Waals surface area contributed by atoms with Gasteiger partial charge in [0, 0.05) is 6.42 Å². The predicted octanol–water partition coefficient (Wildman–Crippen LogP) is 2.40. The van der Waals surface area contributed by atoms with Crippen molar-refractivity contribution in [1.29, 1.82) is 0 Å². The van der Waals surface area contributed by atoms with Gasteiger partial charge in [0.05, 0.1) is 24.6 Å². The number of ether oxygens (including phenoxy) is 1. The molecule has 0 aliphatic heterocycles. The number of fused-ring (bicyclic) bond motifs is 1. The van der Waals surface area contributed by atoms with Gasteiger partial charge in [0.15, 0.2) is 5.78 Å². The molecule has 0 N–H and O–H groups in total. The van der Waals surface area contributed by atoms with Crippen LogP contribution < -0.4 is 4.74 Å². The van der Waals surface area contributed by atoms with Crippen LogP contribution in [0.4, 0.5) is 0 Å². The summed E-state index contributed by atoms with van der Waals surface area (Å²) in [5.41, 5.74) is 2.64. The van der Waals surface area contributed by atoms with Crippen LogP contribution in [0.5, 0.6) is 5.75 Å². The molecule has 1 aliphatic carbocycles. The molecule has 18 heavy (non-hydrogen) atoms. The molecule has 0 saturated carbocycles. The number of carbonyl (C=O) groups excluding carboxylic acids is 1. The van der Waals surface area contributed by atoms with Crippen LogP contribution in [0.2, 0.25) is 0 Å². The molecule has 0 atom stereocenters. The first-order chi connectivity index (χ1) is 8.81. The van der Waals surface area contributed by atoms with E-state index in [0.29, 0.717) is 6.42 Å². The number of ketones is 1. The summed E-state index contributed by atoms with van der Waals surface area (Å²) in [5.74, 6) is 0.957. The molecule has 1 aromatic carbocycles. The minimum atomic E-state index is 0.192. The van der Waals surface area contributed by atoms with Gasteiger partial charge < -0.3 is 4.74 Å². The molecule has 3 rings (SSSR count). The average Bonchev–Trinajstić information content (AvgIpc) is 2.84. The summed E-state index contributed by atoms with van der Waals surface area (Å²) in [5, 5.41) is 4.34. The molecule has 4 nitrogen and oxygen atoms in total. The van der Waals surface area contributed by atoms with E-state index < -0.39 is 0 Å². The maximum Gasteiger partial charge on any atom is 0.166 e. The molecule has 0 bridgehead atoms. The lowest BCUT2D eigenvalue weighted by molar-refractivity contribution is 0.0972. The number of methoxy groups -OCH3 is 1. The van der Waals surface area contributed by atoms with Crippen molar-refractivity contribution >= 4 is 5.78 Å². The Morgan fingerprint density at radius 2 is 2.11 bits per heavy atom. The Morgan fingerprint density at radius 1 is 1.28 bits per heavy atom. The fourth-order valence-corrected chi connectivity index (χ4v) is 2.41. The van der Waals surface area contributed by atoms with E-state index in [4.69, 9.17) is 4.74 Å². The summed E-state index contributed by atoms with van der Waals surface area (Å²) in [6.07, 6.45) is 4.08. The first-order valence-corrected chi connectivity index (χ1v) is 6.05. The second-order valence-corrected chi connectivity index (χ2v) is 4.37. The summed E-state index contributed by atoms with van der Waals surface area (Å²) in [7, 11) is 1.64. The third-order valence-corrected chi connectivity index (χ3v) is 3.30. The van der Waals surface area contributed by atoms with Crippen molar-refractivity contribution < 1.29 is 9.53 Å². The van der Waals surface area contributed by atoms with E-state index in [1.165, 1.54) is 0 Å². The van der Waals surface area contributed by atoms with E-state index >= 15 is 0 Å². The maximum absolute atomic E-state index is 11.8. The fraction of sp³-hybridized carbons (Fsp3) is 0.286. The van der Waals surface area contributed by atoms with Crippen LogP contribution in [-0.4, -0.2) is 22.7 Å². The summed E-state index contributed by atoms with van der Waals surface area (Å²) in [4.78, 5) is 11.8. The first kappa shape index (κ1) is 11.0. The molecule has 0 unspecified atom stereocenters. The topological polar surface area (TPSA) is 44.1 Å². The van der Waals surface area contributed by atoms with Crippen LogP contribution in [0, 0.1) is 0 Å². The fourth-order valence-electron chi connectivity index (χ4n) is 2.41. The molecule has 0 saturated heterocycles. The highest BCUT2D eigenvalue weighted by atomic mass is 16.5. The summed E-state index contributed by atoms with van der Waals surface area (Å²) in [6.45, 7) is 0. The zero-order valence-electron chi connectivity index (χ0n) is 10.2. The minimum absolute atomic E-state index is 0.192. The van der Waals surface area contributed by atoms with Gasteiger partial charge in [-0.1, -0.05) is 12.1 Å². The Bertz CT molecular complexity index is 602. The zero-order valence-corrected chi connectivity index (χ0v) is 10.2. The molecule has 2 aromatic rings. The molecule has 1 heterocycles. The highest BCUT2D eigenvalue weighted by molar-refractivity contribution is 5.98. The van der Waals surface area contributed by atoms with Gasteiger partial charge >= 0.3 is 0 Å². The maximum atomic E-state index is 11.8. The lowest BCUT2D eigenvalue weighted by Crippen LogP contribution is -2.13. The predicted molar refractivity (Wildman–Crippen MR) is 67.4 cm³/mol. The standard InChI is InChI=1S/C14H14N2O2/c1-18-14-8-3-2-5-12(14)16-11-6-4-7-13(17)10(11)9-15-16/h2-3,5,8-9H,4,6-7H2,1H3. The highest BCUT2D eigenvalue weighted by Crippen LogP contribution is 2.27. The number of Topliss-reactive ketones (excluding diaryl/α,β-unsaturated/α-hetero) is 1. The highest BCUT2D eigenvalue weighted by Gasteiger charge is 2.23. The van der Waals surface area contributed by atoms with Crippen molar-refractivity contribution in [2.45, 2.75) is 19.3 Å². The van der Waals surface area contributed by atoms with Crippen LogP contribution in [-0.2, 0) is 6.42 Å². The van der Waals surface area contributed by atoms with Crippen molar-refractivity contribution in [3.63, 3.8) is 0 Å². The Labute approximate surface area is 105 Å². The van der Waals surface area contributed by atoms with E-state index in [1.54, 1.807) is 13.3 Å². The largest absolute Gasteiger partial charge is 0.494 e. The molecule has 0 amide bonds. The Hall–Kier alpha value is -2.10. The molecule has 1 aromatic heterocycles. The van der Waals surface area contributed by atoms with Crippen LogP contribution in [0.25, 0.3) is 5.69 Å². The molecule has 92 valence electrons. The van der Waals surface area contributed by atoms with Gasteiger partial charge in [-0.3, -0.25) is 4.79 Å². The van der Waals surface area contributed by atoms with E-state index in [9.17, 15) is 4.79 Å². The number of hydrogen-bond donors (Lipinski definition) is 0. The number of aromatic nitrogens is 2. The molecular weight excluding hydrogens is 228 g/mol. The van der Waals surface area contributed by atoms with Gasteiger partial charge in [-0.25, -0.2) is 4.68 Å². The zero-order chi connectivity index (χ0) is 12.5. The Balaban J connectivity index is 2.15. The van der Waals surface area contributed by atoms with Gasteiger partial charge in [0.1, 0.15) is 11.4 Å². The Morgan fingerprint density at radius 3 is 2.94 bits per heavy atom. The SMILES string of the molecule is COc1ccccc1-n1ncc2c1CCCC2=O. The third kappa shape index (κ3) is 1.61. The minimum Gasteiger partial charge on any atom is -0.494 e. The number of para-hydroxylation sites is 2. The van der Waals surface area contributed by atoms with E-state index in [0.717, 1.165) is 35.5 Å². The second-order valence-electron chi connectivity index (χ2n) is 4.37. The first-order valence-electron chi connectivity index (χ1n) is 6.05. The third-order valence-electron chi connectivity index (χ3n) is 3.30. The van der Waals surface area contributed by atoms with Gasteiger partial charge in [-0.2, -0.15) is 5.10 Å². The van der Waals surface area contributed by atoms with Crippen LogP contribution in [0.1, 0.15) is 28.9 Å². The molecular formula is C14H14N2O2. The lowest BCUT2D eigenvalue weighted by atomic mass is 9.97. The van der Waals surface area contributed by atoms with Gasteiger partial charge in [0.2, 0.25) is 0 Å². The molecule has 1 aliphatic rings. The number of rotatable bonds is 2. The van der Waals surface area contributed by atoms with Gasteiger partial charge in [-0.15, -0.1) is 0 Å². The quantitative estimate of drug-likeness (QED) is 0.812. The summed E-state index contributed by atoms with van der Waals surface area (Å²) in [6, 6.07) is 7.71. The van der Waals surface area contributed by atoms with Crippen LogP contribution >= 0.6 is 0 Å². The van der Waals surface area contributed by atoms with E-state index in [-0.39, 0.29) is 5.78 Å². The molecule has 0 radical (unpaired) electrons.